The minimum atomic E-state index is -0.682. The Labute approximate surface area is 204 Å². The summed E-state index contributed by atoms with van der Waals surface area (Å²) in [7, 11) is 0. The lowest BCUT2D eigenvalue weighted by atomic mass is 9.87. The van der Waals surface area contributed by atoms with E-state index < -0.39 is 17.6 Å². The Morgan fingerprint density at radius 3 is 2.49 bits per heavy atom. The van der Waals surface area contributed by atoms with Crippen LogP contribution in [-0.2, 0) is 20.7 Å². The molecule has 3 heterocycles. The number of anilines is 1. The molecule has 0 saturated carbocycles. The average Bonchev–Trinajstić information content (AvgIpc) is 3.08. The van der Waals surface area contributed by atoms with E-state index in [0.29, 0.717) is 31.0 Å². The molecular formula is C27H31N3O5. The van der Waals surface area contributed by atoms with E-state index in [0.717, 1.165) is 35.7 Å². The molecule has 2 aromatic rings. The summed E-state index contributed by atoms with van der Waals surface area (Å²) in [6, 6.07) is 9.05. The van der Waals surface area contributed by atoms with E-state index in [1.807, 2.05) is 45.0 Å². The lowest BCUT2D eigenvalue weighted by molar-refractivity contribution is -0.134. The molecule has 2 fully saturated rings. The van der Waals surface area contributed by atoms with Crippen LogP contribution in [0.4, 0.5) is 10.5 Å². The summed E-state index contributed by atoms with van der Waals surface area (Å²) in [6.45, 7) is 6.96. The molecule has 4 amide bonds. The summed E-state index contributed by atoms with van der Waals surface area (Å²) in [5.74, 6) is -0.484. The second-order valence-electron chi connectivity index (χ2n) is 10.7. The van der Waals surface area contributed by atoms with Crippen LogP contribution in [0.2, 0.25) is 0 Å². The van der Waals surface area contributed by atoms with E-state index in [4.69, 9.17) is 4.74 Å². The van der Waals surface area contributed by atoms with Crippen molar-refractivity contribution in [1.29, 1.82) is 0 Å². The van der Waals surface area contributed by atoms with Crippen LogP contribution >= 0.6 is 0 Å². The molecule has 0 aromatic heterocycles. The van der Waals surface area contributed by atoms with Crippen molar-refractivity contribution in [3.8, 4) is 0 Å². The van der Waals surface area contributed by atoms with Gasteiger partial charge in [0.2, 0.25) is 11.8 Å². The lowest BCUT2D eigenvalue weighted by Crippen LogP contribution is -2.53. The van der Waals surface area contributed by atoms with Crippen molar-refractivity contribution < 1.29 is 23.9 Å². The maximum Gasteiger partial charge on any atom is 0.410 e. The first-order chi connectivity index (χ1) is 16.6. The zero-order valence-electron chi connectivity index (χ0n) is 20.4. The fourth-order valence-corrected chi connectivity index (χ4v) is 5.44. The molecule has 2 aromatic carbocycles. The first kappa shape index (κ1) is 23.3. The van der Waals surface area contributed by atoms with Crippen LogP contribution in [0.5, 0.6) is 0 Å². The number of piperidine rings is 2. The minimum Gasteiger partial charge on any atom is -0.444 e. The molecule has 1 N–H and O–H groups in total. The molecule has 1 atom stereocenters. The van der Waals surface area contributed by atoms with Crippen LogP contribution in [0.15, 0.2) is 30.3 Å². The van der Waals surface area contributed by atoms with Gasteiger partial charge in [0.1, 0.15) is 11.6 Å². The number of hydrogen-bond acceptors (Lipinski definition) is 5. The Morgan fingerprint density at radius 1 is 1.06 bits per heavy atom. The quantitative estimate of drug-likeness (QED) is 0.679. The second-order valence-corrected chi connectivity index (χ2v) is 10.7. The van der Waals surface area contributed by atoms with Crippen LogP contribution in [0, 0.1) is 5.92 Å². The van der Waals surface area contributed by atoms with Crippen LogP contribution in [-0.4, -0.2) is 53.4 Å². The summed E-state index contributed by atoms with van der Waals surface area (Å²) in [5.41, 5.74) is 2.00. The van der Waals surface area contributed by atoms with Gasteiger partial charge in [-0.05, 0) is 75.5 Å². The molecule has 8 heteroatoms. The van der Waals surface area contributed by atoms with Gasteiger partial charge in [0.05, 0.1) is 5.69 Å². The Kier molecular flexibility index (Phi) is 5.77. The van der Waals surface area contributed by atoms with E-state index in [1.165, 1.54) is 5.56 Å². The van der Waals surface area contributed by atoms with E-state index >= 15 is 0 Å². The number of likely N-dealkylation sites (tertiary alicyclic amines) is 1. The van der Waals surface area contributed by atoms with Crippen molar-refractivity contribution in [3.63, 3.8) is 0 Å². The number of benzene rings is 2. The fourth-order valence-electron chi connectivity index (χ4n) is 5.44. The first-order valence-electron chi connectivity index (χ1n) is 12.3. The number of ether oxygens (including phenoxy) is 1. The second kappa shape index (κ2) is 8.66. The van der Waals surface area contributed by atoms with Gasteiger partial charge >= 0.3 is 6.09 Å². The number of rotatable bonds is 3. The molecule has 0 radical (unpaired) electrons. The average molecular weight is 478 g/mol. The van der Waals surface area contributed by atoms with Gasteiger partial charge in [-0.2, -0.15) is 0 Å². The molecule has 0 bridgehead atoms. The van der Waals surface area contributed by atoms with Gasteiger partial charge in [-0.25, -0.2) is 4.79 Å². The Bertz CT molecular complexity index is 1220. The molecule has 3 aliphatic rings. The molecule has 1 unspecified atom stereocenters. The number of nitrogens with zero attached hydrogens (tertiary/aromatic N) is 2. The normalized spacial score (nSPS) is 21.0. The summed E-state index contributed by atoms with van der Waals surface area (Å²) >= 11 is 0. The molecule has 35 heavy (non-hydrogen) atoms. The molecule has 2 saturated heterocycles. The van der Waals surface area contributed by atoms with E-state index in [-0.39, 0.29) is 24.3 Å². The number of nitrogens with one attached hydrogen (secondary N) is 1. The van der Waals surface area contributed by atoms with Gasteiger partial charge in [0.15, 0.2) is 0 Å². The third-order valence-electron chi connectivity index (χ3n) is 7.11. The highest BCUT2D eigenvalue weighted by Crippen LogP contribution is 2.41. The van der Waals surface area contributed by atoms with E-state index in [2.05, 4.69) is 11.4 Å². The maximum atomic E-state index is 13.3. The van der Waals surface area contributed by atoms with Gasteiger partial charge < -0.3 is 9.64 Å². The monoisotopic (exact) mass is 477 g/mol. The fraction of sp³-hybridized carbons (Fsp3) is 0.481. The van der Waals surface area contributed by atoms with Crippen molar-refractivity contribution in [1.82, 2.24) is 10.2 Å². The third kappa shape index (κ3) is 4.37. The first-order valence-corrected chi connectivity index (χ1v) is 12.3. The van der Waals surface area contributed by atoms with Crippen molar-refractivity contribution in [2.45, 2.75) is 64.5 Å². The zero-order chi connectivity index (χ0) is 24.9. The molecule has 184 valence electrons. The molecule has 5 rings (SSSR count). The predicted octanol–water partition coefficient (Wildman–Crippen LogP) is 3.79. The standard InChI is InChI=1S/C27H31N3O5/c1-27(2,3)35-26(34)29-13-11-16(12-14-29)15-17-7-8-20-23-18(17)5-4-6-19(23)25(33)30(20)21-9-10-22(31)28-24(21)32/h4-8,16,21H,9-15H2,1-3H3,(H,28,31,32). The molecule has 0 spiro atoms. The highest BCUT2D eigenvalue weighted by Gasteiger charge is 2.41. The van der Waals surface area contributed by atoms with Crippen molar-refractivity contribution in [2.75, 3.05) is 18.0 Å². The van der Waals surface area contributed by atoms with E-state index in [9.17, 15) is 19.2 Å². The van der Waals surface area contributed by atoms with Crippen LogP contribution < -0.4 is 10.2 Å². The summed E-state index contributed by atoms with van der Waals surface area (Å²) in [5, 5.41) is 4.27. The number of imide groups is 1. The topological polar surface area (TPSA) is 96.0 Å². The van der Waals surface area contributed by atoms with Gasteiger partial charge in [0.25, 0.3) is 5.91 Å². The highest BCUT2D eigenvalue weighted by atomic mass is 16.6. The van der Waals surface area contributed by atoms with E-state index in [1.54, 1.807) is 9.80 Å². The predicted molar refractivity (Wildman–Crippen MR) is 131 cm³/mol. The van der Waals surface area contributed by atoms with Crippen LogP contribution in [0.25, 0.3) is 10.8 Å². The number of amides is 4. The number of carbonyl (C=O) groups is 4. The van der Waals surface area contributed by atoms with Gasteiger partial charge in [-0.1, -0.05) is 18.2 Å². The van der Waals surface area contributed by atoms with Crippen molar-refractivity contribution in [3.05, 3.63) is 41.5 Å². The summed E-state index contributed by atoms with van der Waals surface area (Å²) in [4.78, 5) is 53.2. The summed E-state index contributed by atoms with van der Waals surface area (Å²) in [6.07, 6.45) is 2.93. The lowest BCUT2D eigenvalue weighted by Gasteiger charge is -2.33. The number of hydrogen-bond donors (Lipinski definition) is 1. The van der Waals surface area contributed by atoms with Gasteiger partial charge in [0, 0.05) is 30.5 Å². The largest absolute Gasteiger partial charge is 0.444 e. The Hall–Kier alpha value is -3.42. The van der Waals surface area contributed by atoms with Gasteiger partial charge in [-0.15, -0.1) is 0 Å². The zero-order valence-corrected chi connectivity index (χ0v) is 20.4. The Morgan fingerprint density at radius 2 is 1.80 bits per heavy atom. The molecule has 3 aliphatic heterocycles. The molecule has 0 aliphatic carbocycles. The van der Waals surface area contributed by atoms with Gasteiger partial charge in [-0.3, -0.25) is 24.6 Å². The van der Waals surface area contributed by atoms with Crippen molar-refractivity contribution in [2.24, 2.45) is 5.92 Å². The van der Waals surface area contributed by atoms with Crippen LogP contribution in [0.3, 0.4) is 0 Å². The number of carbonyl (C=O) groups excluding carboxylic acids is 4. The Balaban J connectivity index is 1.35. The summed E-state index contributed by atoms with van der Waals surface area (Å²) < 4.78 is 5.51. The maximum absolute atomic E-state index is 13.3. The molecular weight excluding hydrogens is 446 g/mol. The SMILES string of the molecule is CC(C)(C)OC(=O)N1CCC(Cc2ccc3c4c(cccc24)C(=O)N3C2CCC(=O)NC2=O)CC1. The molecule has 8 nitrogen and oxygen atoms in total. The van der Waals surface area contributed by atoms with Crippen molar-refractivity contribution >= 4 is 40.3 Å². The van der Waals surface area contributed by atoms with Crippen LogP contribution in [0.1, 0.15) is 62.4 Å². The third-order valence-corrected chi connectivity index (χ3v) is 7.11. The minimum absolute atomic E-state index is 0.192. The smallest absolute Gasteiger partial charge is 0.410 e. The highest BCUT2D eigenvalue weighted by molar-refractivity contribution is 6.27.